The summed E-state index contributed by atoms with van der Waals surface area (Å²) in [7, 11) is 0. The molecule has 0 unspecified atom stereocenters. The molecule has 6 aromatic carbocycles. The molecule has 0 saturated heterocycles. The quantitative estimate of drug-likeness (QED) is 0.204. The first-order chi connectivity index (χ1) is 22.3. The Hall–Kier alpha value is -6.13. The number of anilines is 3. The first kappa shape index (κ1) is 25.4. The van der Waals surface area contributed by atoms with Gasteiger partial charge in [0.2, 0.25) is 0 Å². The average molecular weight is 577 g/mol. The molecular formula is C41H28N4. The van der Waals surface area contributed by atoms with E-state index in [-0.39, 0.29) is 0 Å². The van der Waals surface area contributed by atoms with Crippen molar-refractivity contribution in [1.82, 2.24) is 14.1 Å². The molecule has 0 aliphatic rings. The molecule has 0 aliphatic carbocycles. The van der Waals surface area contributed by atoms with Crippen LogP contribution in [0.25, 0.3) is 55.0 Å². The van der Waals surface area contributed by atoms with E-state index in [1.807, 2.05) is 12.4 Å². The average Bonchev–Trinajstić information content (AvgIpc) is 3.62. The van der Waals surface area contributed by atoms with Gasteiger partial charge in [-0.25, -0.2) is 0 Å². The molecule has 45 heavy (non-hydrogen) atoms. The van der Waals surface area contributed by atoms with E-state index in [4.69, 9.17) is 0 Å². The van der Waals surface area contributed by atoms with Crippen molar-refractivity contribution in [2.45, 2.75) is 0 Å². The zero-order valence-electron chi connectivity index (χ0n) is 24.5. The van der Waals surface area contributed by atoms with E-state index < -0.39 is 0 Å². The topological polar surface area (TPSA) is 26.0 Å². The maximum absolute atomic E-state index is 4.25. The Morgan fingerprint density at radius 2 is 0.844 bits per heavy atom. The smallest absolute Gasteiger partial charge is 0.0542 e. The molecule has 9 aromatic rings. The van der Waals surface area contributed by atoms with Crippen molar-refractivity contribution in [3.8, 4) is 11.4 Å². The van der Waals surface area contributed by atoms with Gasteiger partial charge in [-0.3, -0.25) is 4.98 Å². The van der Waals surface area contributed by atoms with Gasteiger partial charge in [0.1, 0.15) is 0 Å². The Kier molecular flexibility index (Phi) is 5.78. The van der Waals surface area contributed by atoms with Gasteiger partial charge in [0.05, 0.1) is 22.1 Å². The standard InChI is InChI=1S/C41H28N4/c1-3-11-29(12-4-1)43(30-13-5-2-6-14-30)32-19-21-41-36(27-32)35-16-8-10-18-39(35)45(41)33-20-22-40-37(28-33)34-15-7-9-17-38(34)44(40)31-23-25-42-26-24-31/h1-28H. The van der Waals surface area contributed by atoms with E-state index in [1.165, 1.54) is 43.6 Å². The summed E-state index contributed by atoms with van der Waals surface area (Å²) in [6.07, 6.45) is 3.71. The molecule has 0 spiro atoms. The second-order valence-electron chi connectivity index (χ2n) is 11.3. The van der Waals surface area contributed by atoms with Gasteiger partial charge in [-0.15, -0.1) is 0 Å². The number of fused-ring (bicyclic) bond motifs is 6. The summed E-state index contributed by atoms with van der Waals surface area (Å²) in [5.74, 6) is 0. The summed E-state index contributed by atoms with van der Waals surface area (Å²) in [6.45, 7) is 0. The summed E-state index contributed by atoms with van der Waals surface area (Å²) >= 11 is 0. The van der Waals surface area contributed by atoms with Crippen LogP contribution in [-0.4, -0.2) is 14.1 Å². The lowest BCUT2D eigenvalue weighted by Crippen LogP contribution is -2.09. The minimum Gasteiger partial charge on any atom is -0.310 e. The zero-order chi connectivity index (χ0) is 29.7. The third-order valence-electron chi connectivity index (χ3n) is 8.78. The molecule has 0 radical (unpaired) electrons. The van der Waals surface area contributed by atoms with Gasteiger partial charge in [0, 0.05) is 62.4 Å². The van der Waals surface area contributed by atoms with Crippen LogP contribution in [0, 0.1) is 0 Å². The van der Waals surface area contributed by atoms with Crippen molar-refractivity contribution in [3.63, 3.8) is 0 Å². The molecule has 0 bridgehead atoms. The van der Waals surface area contributed by atoms with E-state index in [0.717, 1.165) is 28.4 Å². The predicted octanol–water partition coefficient (Wildman–Crippen LogP) is 10.7. The molecule has 3 aromatic heterocycles. The third kappa shape index (κ3) is 4.04. The maximum atomic E-state index is 4.25. The Bertz CT molecular complexity index is 2440. The summed E-state index contributed by atoms with van der Waals surface area (Å²) in [6, 6.07) is 56.4. The highest BCUT2D eigenvalue weighted by Gasteiger charge is 2.18. The van der Waals surface area contributed by atoms with Gasteiger partial charge in [-0.2, -0.15) is 0 Å². The highest BCUT2D eigenvalue weighted by atomic mass is 15.1. The Morgan fingerprint density at radius 1 is 0.356 bits per heavy atom. The number of para-hydroxylation sites is 4. The number of hydrogen-bond acceptors (Lipinski definition) is 2. The molecule has 4 heteroatoms. The molecule has 0 saturated carbocycles. The monoisotopic (exact) mass is 576 g/mol. The molecule has 0 aliphatic heterocycles. The van der Waals surface area contributed by atoms with E-state index >= 15 is 0 Å². The Balaban J connectivity index is 1.28. The van der Waals surface area contributed by atoms with E-state index in [1.54, 1.807) is 0 Å². The van der Waals surface area contributed by atoms with Crippen molar-refractivity contribution in [2.24, 2.45) is 0 Å². The van der Waals surface area contributed by atoms with Crippen LogP contribution in [-0.2, 0) is 0 Å². The molecular weight excluding hydrogens is 548 g/mol. The Morgan fingerprint density at radius 3 is 1.47 bits per heavy atom. The number of hydrogen-bond donors (Lipinski definition) is 0. The van der Waals surface area contributed by atoms with Crippen molar-refractivity contribution in [1.29, 1.82) is 0 Å². The van der Waals surface area contributed by atoms with Crippen molar-refractivity contribution in [3.05, 3.63) is 170 Å². The fraction of sp³-hybridized carbons (Fsp3) is 0. The largest absolute Gasteiger partial charge is 0.310 e. The highest BCUT2D eigenvalue weighted by molar-refractivity contribution is 6.13. The van der Waals surface area contributed by atoms with Crippen LogP contribution in [0.5, 0.6) is 0 Å². The predicted molar refractivity (Wildman–Crippen MR) is 188 cm³/mol. The van der Waals surface area contributed by atoms with Crippen LogP contribution in [0.1, 0.15) is 0 Å². The third-order valence-corrected chi connectivity index (χ3v) is 8.78. The molecule has 4 nitrogen and oxygen atoms in total. The highest BCUT2D eigenvalue weighted by Crippen LogP contribution is 2.40. The van der Waals surface area contributed by atoms with Gasteiger partial charge < -0.3 is 14.0 Å². The first-order valence-electron chi connectivity index (χ1n) is 15.2. The first-order valence-corrected chi connectivity index (χ1v) is 15.2. The van der Waals surface area contributed by atoms with Crippen LogP contribution in [0.3, 0.4) is 0 Å². The molecule has 9 rings (SSSR count). The molecule has 0 fully saturated rings. The van der Waals surface area contributed by atoms with Crippen molar-refractivity contribution < 1.29 is 0 Å². The number of nitrogens with zero attached hydrogens (tertiary/aromatic N) is 4. The summed E-state index contributed by atoms with van der Waals surface area (Å²) in [4.78, 5) is 6.58. The second-order valence-corrected chi connectivity index (χ2v) is 11.3. The minimum absolute atomic E-state index is 1.11. The maximum Gasteiger partial charge on any atom is 0.0542 e. The number of rotatable bonds is 5. The molecule has 0 atom stereocenters. The van der Waals surface area contributed by atoms with Crippen LogP contribution in [0.15, 0.2) is 170 Å². The Labute approximate surface area is 260 Å². The van der Waals surface area contributed by atoms with Gasteiger partial charge in [0.25, 0.3) is 0 Å². The molecule has 0 amide bonds. The summed E-state index contributed by atoms with van der Waals surface area (Å²) in [5.41, 5.74) is 10.4. The molecule has 0 N–H and O–H groups in total. The fourth-order valence-corrected chi connectivity index (χ4v) is 6.85. The second kappa shape index (κ2) is 10.2. The van der Waals surface area contributed by atoms with Gasteiger partial charge in [-0.1, -0.05) is 72.8 Å². The lowest BCUT2D eigenvalue weighted by atomic mass is 10.1. The number of aromatic nitrogens is 3. The number of pyridine rings is 1. The SMILES string of the molecule is c1ccc(N(c2ccccc2)c2ccc3c(c2)c2ccccc2n3-c2ccc3c(c2)c2ccccc2n3-c2ccncc2)cc1. The van der Waals surface area contributed by atoms with Gasteiger partial charge in [-0.05, 0) is 84.9 Å². The van der Waals surface area contributed by atoms with Crippen LogP contribution < -0.4 is 4.90 Å². The van der Waals surface area contributed by atoms with E-state index in [2.05, 4.69) is 177 Å². The normalized spacial score (nSPS) is 11.6. The van der Waals surface area contributed by atoms with Crippen LogP contribution in [0.4, 0.5) is 17.1 Å². The molecule has 3 heterocycles. The fourth-order valence-electron chi connectivity index (χ4n) is 6.85. The summed E-state index contributed by atoms with van der Waals surface area (Å²) in [5, 5.41) is 4.91. The van der Waals surface area contributed by atoms with E-state index in [9.17, 15) is 0 Å². The van der Waals surface area contributed by atoms with Gasteiger partial charge in [0.15, 0.2) is 0 Å². The van der Waals surface area contributed by atoms with Crippen molar-refractivity contribution >= 4 is 60.7 Å². The molecule has 212 valence electrons. The zero-order valence-corrected chi connectivity index (χ0v) is 24.5. The lowest BCUT2D eigenvalue weighted by molar-refractivity contribution is 1.15. The number of benzene rings is 6. The van der Waals surface area contributed by atoms with Crippen LogP contribution in [0.2, 0.25) is 0 Å². The van der Waals surface area contributed by atoms with E-state index in [0.29, 0.717) is 0 Å². The van der Waals surface area contributed by atoms with Gasteiger partial charge >= 0.3 is 0 Å². The van der Waals surface area contributed by atoms with Crippen LogP contribution >= 0.6 is 0 Å². The summed E-state index contributed by atoms with van der Waals surface area (Å²) < 4.78 is 4.73. The van der Waals surface area contributed by atoms with Crippen molar-refractivity contribution in [2.75, 3.05) is 4.90 Å². The minimum atomic E-state index is 1.11. The lowest BCUT2D eigenvalue weighted by Gasteiger charge is -2.25.